The summed E-state index contributed by atoms with van der Waals surface area (Å²) in [7, 11) is 0. The van der Waals surface area contributed by atoms with E-state index in [1.54, 1.807) is 12.1 Å². The van der Waals surface area contributed by atoms with Crippen LogP contribution >= 0.6 is 22.9 Å². The van der Waals surface area contributed by atoms with Gasteiger partial charge in [0, 0.05) is 11.3 Å². The molecule has 0 bridgehead atoms. The predicted molar refractivity (Wildman–Crippen MR) is 73.1 cm³/mol. The van der Waals surface area contributed by atoms with E-state index in [-0.39, 0.29) is 5.78 Å². The zero-order valence-electron chi connectivity index (χ0n) is 9.58. The van der Waals surface area contributed by atoms with Gasteiger partial charge in [-0.3, -0.25) is 4.79 Å². The Morgan fingerprint density at radius 1 is 1.24 bits per heavy atom. The summed E-state index contributed by atoms with van der Waals surface area (Å²) >= 11 is 7.26. The molecule has 0 aliphatic rings. The molecule has 2 N–H and O–H groups in total. The summed E-state index contributed by atoms with van der Waals surface area (Å²) in [5.74, 6) is -0.0308. The number of nitrogen functional groups attached to an aromatic ring is 1. The molecule has 0 amide bonds. The van der Waals surface area contributed by atoms with E-state index >= 15 is 0 Å². The van der Waals surface area contributed by atoms with E-state index in [1.807, 2.05) is 26.0 Å². The lowest BCUT2D eigenvalue weighted by molar-refractivity contribution is 0.104. The number of ketones is 1. The molecule has 1 aromatic heterocycles. The smallest absolute Gasteiger partial charge is 0.203 e. The van der Waals surface area contributed by atoms with Crippen LogP contribution in [0, 0.1) is 13.8 Å². The van der Waals surface area contributed by atoms with Crippen molar-refractivity contribution in [2.45, 2.75) is 13.8 Å². The Morgan fingerprint density at radius 2 is 1.94 bits per heavy atom. The molecule has 0 spiro atoms. The van der Waals surface area contributed by atoms with E-state index in [2.05, 4.69) is 0 Å². The largest absolute Gasteiger partial charge is 0.398 e. The van der Waals surface area contributed by atoms with Crippen LogP contribution in [0.5, 0.6) is 0 Å². The van der Waals surface area contributed by atoms with E-state index in [0.29, 0.717) is 20.5 Å². The molecule has 0 atom stereocenters. The minimum Gasteiger partial charge on any atom is -0.398 e. The van der Waals surface area contributed by atoms with E-state index in [1.165, 1.54) is 11.3 Å². The fourth-order valence-electron chi connectivity index (χ4n) is 1.50. The Hall–Kier alpha value is -1.32. The minimum absolute atomic E-state index is 0.0308. The number of aryl methyl sites for hydroxylation is 2. The molecule has 0 radical (unpaired) electrons. The van der Waals surface area contributed by atoms with Crippen molar-refractivity contribution in [2.75, 3.05) is 5.73 Å². The summed E-state index contributed by atoms with van der Waals surface area (Å²) in [5, 5.41) is 0. The topological polar surface area (TPSA) is 43.1 Å². The minimum atomic E-state index is -0.0308. The van der Waals surface area contributed by atoms with Crippen molar-refractivity contribution in [3.63, 3.8) is 0 Å². The molecule has 17 heavy (non-hydrogen) atoms. The molecule has 2 aromatic rings. The van der Waals surface area contributed by atoms with Crippen LogP contribution in [0.4, 0.5) is 5.69 Å². The normalized spacial score (nSPS) is 10.5. The highest BCUT2D eigenvalue weighted by molar-refractivity contribution is 7.18. The van der Waals surface area contributed by atoms with E-state index in [0.717, 1.165) is 11.1 Å². The van der Waals surface area contributed by atoms with Crippen LogP contribution < -0.4 is 5.73 Å². The number of halogens is 1. The lowest BCUT2D eigenvalue weighted by Gasteiger charge is -2.02. The number of nitrogens with two attached hydrogens (primary N) is 1. The van der Waals surface area contributed by atoms with Crippen LogP contribution in [0.25, 0.3) is 0 Å². The second-order valence-electron chi connectivity index (χ2n) is 3.97. The third-order valence-electron chi connectivity index (χ3n) is 2.62. The summed E-state index contributed by atoms with van der Waals surface area (Å²) in [5.41, 5.74) is 8.94. The highest BCUT2D eigenvalue weighted by Crippen LogP contribution is 2.29. The molecule has 1 aromatic carbocycles. The van der Waals surface area contributed by atoms with Crippen LogP contribution in [0.1, 0.15) is 26.4 Å². The van der Waals surface area contributed by atoms with Crippen LogP contribution in [0.15, 0.2) is 24.3 Å². The van der Waals surface area contributed by atoms with Gasteiger partial charge in [0.2, 0.25) is 5.78 Å². The predicted octanol–water partition coefficient (Wildman–Crippen LogP) is 3.83. The maximum atomic E-state index is 12.2. The van der Waals surface area contributed by atoms with Gasteiger partial charge in [-0.2, -0.15) is 0 Å². The second kappa shape index (κ2) is 4.51. The zero-order valence-corrected chi connectivity index (χ0v) is 11.2. The Balaban J connectivity index is 2.40. The number of anilines is 1. The average molecular weight is 266 g/mol. The van der Waals surface area contributed by atoms with Crippen molar-refractivity contribution in [2.24, 2.45) is 0 Å². The highest BCUT2D eigenvalue weighted by atomic mass is 35.5. The van der Waals surface area contributed by atoms with Crippen molar-refractivity contribution in [1.82, 2.24) is 0 Å². The fourth-order valence-corrected chi connectivity index (χ4v) is 2.66. The molecule has 4 heteroatoms. The molecular formula is C13H12ClNOS. The molecule has 2 rings (SSSR count). The molecular weight excluding hydrogens is 254 g/mol. The lowest BCUT2D eigenvalue weighted by atomic mass is 10.1. The molecule has 0 aliphatic carbocycles. The van der Waals surface area contributed by atoms with Gasteiger partial charge in [-0.1, -0.05) is 23.7 Å². The van der Waals surface area contributed by atoms with E-state index in [9.17, 15) is 4.79 Å². The van der Waals surface area contributed by atoms with Crippen molar-refractivity contribution >= 4 is 34.4 Å². The van der Waals surface area contributed by atoms with Gasteiger partial charge in [0.1, 0.15) is 0 Å². The first-order valence-electron chi connectivity index (χ1n) is 5.16. The first kappa shape index (κ1) is 12.1. The van der Waals surface area contributed by atoms with Crippen LogP contribution in [0.3, 0.4) is 0 Å². The molecule has 2 nitrogen and oxygen atoms in total. The number of carbonyl (C=O) groups excluding carboxylic acids is 1. The first-order chi connectivity index (χ1) is 7.99. The molecule has 1 heterocycles. The number of thiophene rings is 1. The number of hydrogen-bond donors (Lipinski definition) is 1. The van der Waals surface area contributed by atoms with Gasteiger partial charge in [-0.05, 0) is 37.1 Å². The van der Waals surface area contributed by atoms with E-state index in [4.69, 9.17) is 17.3 Å². The summed E-state index contributed by atoms with van der Waals surface area (Å²) in [4.78, 5) is 12.8. The number of carbonyl (C=O) groups is 1. The van der Waals surface area contributed by atoms with Crippen molar-refractivity contribution in [3.05, 3.63) is 50.2 Å². The summed E-state index contributed by atoms with van der Waals surface area (Å²) in [6.07, 6.45) is 0. The Labute approximate surface area is 109 Å². The number of hydrogen-bond acceptors (Lipinski definition) is 3. The average Bonchev–Trinajstić information content (AvgIpc) is 2.62. The first-order valence-corrected chi connectivity index (χ1v) is 6.35. The quantitative estimate of drug-likeness (QED) is 0.662. The monoisotopic (exact) mass is 265 g/mol. The number of benzene rings is 1. The second-order valence-corrected chi connectivity index (χ2v) is 5.62. The van der Waals surface area contributed by atoms with E-state index < -0.39 is 0 Å². The van der Waals surface area contributed by atoms with Gasteiger partial charge in [0.15, 0.2) is 0 Å². The molecule has 88 valence electrons. The summed E-state index contributed by atoms with van der Waals surface area (Å²) < 4.78 is 0.661. The number of rotatable bonds is 2. The van der Waals surface area contributed by atoms with Gasteiger partial charge in [-0.25, -0.2) is 0 Å². The van der Waals surface area contributed by atoms with Gasteiger partial charge < -0.3 is 5.73 Å². The maximum absolute atomic E-state index is 12.2. The zero-order chi connectivity index (χ0) is 12.6. The highest BCUT2D eigenvalue weighted by Gasteiger charge is 2.14. The molecule has 0 fully saturated rings. The van der Waals surface area contributed by atoms with Crippen LogP contribution in [0.2, 0.25) is 4.34 Å². The van der Waals surface area contributed by atoms with Gasteiger partial charge in [0.25, 0.3) is 0 Å². The van der Waals surface area contributed by atoms with Crippen molar-refractivity contribution in [1.29, 1.82) is 0 Å². The van der Waals surface area contributed by atoms with Gasteiger partial charge >= 0.3 is 0 Å². The lowest BCUT2D eigenvalue weighted by Crippen LogP contribution is -2.00. The summed E-state index contributed by atoms with van der Waals surface area (Å²) in [6.45, 7) is 3.80. The third kappa shape index (κ3) is 2.35. The summed E-state index contributed by atoms with van der Waals surface area (Å²) in [6, 6.07) is 7.16. The molecule has 0 saturated heterocycles. The molecule has 0 aliphatic heterocycles. The maximum Gasteiger partial charge on any atom is 0.203 e. The van der Waals surface area contributed by atoms with Gasteiger partial charge in [-0.15, -0.1) is 11.3 Å². The van der Waals surface area contributed by atoms with Crippen LogP contribution in [-0.2, 0) is 0 Å². The SMILES string of the molecule is Cc1ccc(C(=O)c2cc(C)c(Cl)s2)cc1N. The Kier molecular flexibility index (Phi) is 3.22. The Morgan fingerprint density at radius 3 is 2.47 bits per heavy atom. The molecule has 0 unspecified atom stereocenters. The fraction of sp³-hybridized carbons (Fsp3) is 0.154. The van der Waals surface area contributed by atoms with Crippen molar-refractivity contribution < 1.29 is 4.79 Å². The third-order valence-corrected chi connectivity index (χ3v) is 4.18. The standard InChI is InChI=1S/C13H12ClNOS/c1-7-3-4-9(6-10(7)15)12(16)11-5-8(2)13(14)17-11/h3-6H,15H2,1-2H3. The Bertz CT molecular complexity index is 570. The van der Waals surface area contributed by atoms with Crippen LogP contribution in [-0.4, -0.2) is 5.78 Å². The van der Waals surface area contributed by atoms with Gasteiger partial charge in [0.05, 0.1) is 9.21 Å². The molecule has 0 saturated carbocycles. The van der Waals surface area contributed by atoms with Crippen molar-refractivity contribution in [3.8, 4) is 0 Å².